The minimum atomic E-state index is -1.18. The molecule has 2 aromatic heterocycles. The number of rotatable bonds is 4. The molecule has 0 bridgehead atoms. The lowest BCUT2D eigenvalue weighted by molar-refractivity contribution is -0.110. The van der Waals surface area contributed by atoms with E-state index in [0.29, 0.717) is 0 Å². The number of fused-ring (bicyclic) bond motifs is 2. The summed E-state index contributed by atoms with van der Waals surface area (Å²) in [5.41, 5.74) is 0.976. The molecule has 1 unspecified atom stereocenters. The second kappa shape index (κ2) is 5.60. The standard InChI is InChI=1S/C19H22N6O/c1-13(2)18(3,26)19(4,24-16-11-7-5-9-14(16)20-22-24)25-17-12-8-6-10-15(17)21-23-25/h5-13,26H,1-4H3. The van der Waals surface area contributed by atoms with Gasteiger partial charge in [-0.15, -0.1) is 10.2 Å². The molecule has 0 amide bonds. The van der Waals surface area contributed by atoms with Gasteiger partial charge in [-0.2, -0.15) is 0 Å². The summed E-state index contributed by atoms with van der Waals surface area (Å²) in [7, 11) is 0. The molecule has 0 radical (unpaired) electrons. The minimum absolute atomic E-state index is 0.0709. The smallest absolute Gasteiger partial charge is 0.184 e. The topological polar surface area (TPSA) is 81.6 Å². The number of benzene rings is 2. The summed E-state index contributed by atoms with van der Waals surface area (Å²) < 4.78 is 3.51. The monoisotopic (exact) mass is 350 g/mol. The molecular weight excluding hydrogens is 328 g/mol. The van der Waals surface area contributed by atoms with Gasteiger partial charge in [-0.05, 0) is 44.0 Å². The molecule has 2 aromatic carbocycles. The van der Waals surface area contributed by atoms with Crippen molar-refractivity contribution in [1.82, 2.24) is 30.0 Å². The van der Waals surface area contributed by atoms with Crippen molar-refractivity contribution < 1.29 is 5.11 Å². The highest BCUT2D eigenvalue weighted by molar-refractivity contribution is 5.76. The molecule has 7 nitrogen and oxygen atoms in total. The first kappa shape index (κ1) is 16.7. The molecule has 0 saturated carbocycles. The third-order valence-electron chi connectivity index (χ3n) is 5.61. The zero-order valence-corrected chi connectivity index (χ0v) is 15.3. The lowest BCUT2D eigenvalue weighted by Gasteiger charge is -2.45. The Balaban J connectivity index is 2.09. The SMILES string of the molecule is CC(C)C(C)(O)C(C)(n1nnc2ccccc21)n1nnc2ccccc21. The normalized spacial score (nSPS) is 15.0. The fourth-order valence-electron chi connectivity index (χ4n) is 3.45. The van der Waals surface area contributed by atoms with Crippen LogP contribution in [-0.2, 0) is 5.66 Å². The van der Waals surface area contributed by atoms with Crippen LogP contribution in [0.3, 0.4) is 0 Å². The van der Waals surface area contributed by atoms with Gasteiger partial charge < -0.3 is 5.11 Å². The van der Waals surface area contributed by atoms with E-state index in [1.54, 1.807) is 9.36 Å². The molecule has 4 aromatic rings. The number of aromatic nitrogens is 6. The number of aliphatic hydroxyl groups is 1. The van der Waals surface area contributed by atoms with Crippen LogP contribution in [0.5, 0.6) is 0 Å². The van der Waals surface area contributed by atoms with Crippen molar-refractivity contribution in [2.75, 3.05) is 0 Å². The lowest BCUT2D eigenvalue weighted by Crippen LogP contribution is -2.60. The number of hydrogen-bond acceptors (Lipinski definition) is 5. The van der Waals surface area contributed by atoms with E-state index >= 15 is 0 Å². The quantitative estimate of drug-likeness (QED) is 0.612. The maximum Gasteiger partial charge on any atom is 0.184 e. The Morgan fingerprint density at radius 2 is 1.23 bits per heavy atom. The van der Waals surface area contributed by atoms with Gasteiger partial charge in [0.05, 0.1) is 11.0 Å². The highest BCUT2D eigenvalue weighted by Crippen LogP contribution is 2.39. The molecule has 1 N–H and O–H groups in total. The van der Waals surface area contributed by atoms with Gasteiger partial charge in [0.15, 0.2) is 5.66 Å². The predicted molar refractivity (Wildman–Crippen MR) is 99.6 cm³/mol. The maximum absolute atomic E-state index is 11.6. The van der Waals surface area contributed by atoms with Crippen molar-refractivity contribution in [3.8, 4) is 0 Å². The zero-order chi connectivity index (χ0) is 18.5. The molecule has 134 valence electrons. The van der Waals surface area contributed by atoms with Crippen molar-refractivity contribution in [2.45, 2.75) is 39.0 Å². The average molecular weight is 350 g/mol. The van der Waals surface area contributed by atoms with E-state index in [9.17, 15) is 5.11 Å². The van der Waals surface area contributed by atoms with Crippen LogP contribution in [0.15, 0.2) is 48.5 Å². The Kier molecular flexibility index (Phi) is 3.59. The van der Waals surface area contributed by atoms with Gasteiger partial charge in [0.25, 0.3) is 0 Å². The maximum atomic E-state index is 11.6. The lowest BCUT2D eigenvalue weighted by atomic mass is 9.80. The molecule has 0 saturated heterocycles. The first-order valence-corrected chi connectivity index (χ1v) is 8.71. The summed E-state index contributed by atoms with van der Waals surface area (Å²) in [6.07, 6.45) is 0. The van der Waals surface area contributed by atoms with E-state index < -0.39 is 11.3 Å². The molecule has 1 atom stereocenters. The molecular formula is C19H22N6O. The Morgan fingerprint density at radius 3 is 1.65 bits per heavy atom. The highest BCUT2D eigenvalue weighted by Gasteiger charge is 2.51. The largest absolute Gasteiger partial charge is 0.385 e. The summed E-state index contributed by atoms with van der Waals surface area (Å²) in [4.78, 5) is 0. The van der Waals surface area contributed by atoms with Crippen molar-refractivity contribution >= 4 is 22.1 Å². The highest BCUT2D eigenvalue weighted by atomic mass is 16.3. The molecule has 26 heavy (non-hydrogen) atoms. The van der Waals surface area contributed by atoms with Crippen LogP contribution in [0.1, 0.15) is 27.7 Å². The molecule has 0 fully saturated rings. The first-order valence-electron chi connectivity index (χ1n) is 8.71. The summed E-state index contributed by atoms with van der Waals surface area (Å²) in [6.45, 7) is 7.70. The van der Waals surface area contributed by atoms with Crippen molar-refractivity contribution in [2.24, 2.45) is 5.92 Å². The predicted octanol–water partition coefficient (Wildman–Crippen LogP) is 2.80. The molecule has 0 aliphatic heterocycles. The van der Waals surface area contributed by atoms with Crippen LogP contribution >= 0.6 is 0 Å². The number of nitrogens with zero attached hydrogens (tertiary/aromatic N) is 6. The molecule has 7 heteroatoms. The average Bonchev–Trinajstić information content (AvgIpc) is 3.25. The number of hydrogen-bond donors (Lipinski definition) is 1. The van der Waals surface area contributed by atoms with Gasteiger partial charge in [-0.3, -0.25) is 0 Å². The fraction of sp³-hybridized carbons (Fsp3) is 0.368. The van der Waals surface area contributed by atoms with E-state index in [4.69, 9.17) is 0 Å². The first-order chi connectivity index (χ1) is 12.4. The van der Waals surface area contributed by atoms with E-state index in [0.717, 1.165) is 22.1 Å². The Bertz CT molecular complexity index is 1000. The van der Waals surface area contributed by atoms with E-state index in [1.165, 1.54) is 0 Å². The summed E-state index contributed by atoms with van der Waals surface area (Å²) in [5.74, 6) is -0.0709. The van der Waals surface area contributed by atoms with E-state index in [1.807, 2.05) is 76.2 Å². The van der Waals surface area contributed by atoms with Crippen LogP contribution in [0.4, 0.5) is 0 Å². The third kappa shape index (κ3) is 2.10. The van der Waals surface area contributed by atoms with Crippen molar-refractivity contribution in [1.29, 1.82) is 0 Å². The molecule has 2 heterocycles. The van der Waals surface area contributed by atoms with Crippen LogP contribution in [-0.4, -0.2) is 40.7 Å². The van der Waals surface area contributed by atoms with Crippen LogP contribution in [0.2, 0.25) is 0 Å². The second-order valence-corrected chi connectivity index (χ2v) is 7.30. The molecule has 0 aliphatic rings. The molecule has 4 rings (SSSR count). The summed E-state index contributed by atoms with van der Waals surface area (Å²) in [6, 6.07) is 15.4. The summed E-state index contributed by atoms with van der Waals surface area (Å²) >= 11 is 0. The van der Waals surface area contributed by atoms with Gasteiger partial charge in [0, 0.05) is 0 Å². The third-order valence-corrected chi connectivity index (χ3v) is 5.61. The molecule has 0 spiro atoms. The number of para-hydroxylation sites is 2. The Hall–Kier alpha value is -2.80. The van der Waals surface area contributed by atoms with E-state index in [-0.39, 0.29) is 5.92 Å². The fourth-order valence-corrected chi connectivity index (χ4v) is 3.45. The van der Waals surface area contributed by atoms with Gasteiger partial charge >= 0.3 is 0 Å². The van der Waals surface area contributed by atoms with Crippen molar-refractivity contribution in [3.05, 3.63) is 48.5 Å². The van der Waals surface area contributed by atoms with Crippen LogP contribution in [0.25, 0.3) is 22.1 Å². The van der Waals surface area contributed by atoms with Crippen LogP contribution < -0.4 is 0 Å². The Labute approximate surface area is 151 Å². The van der Waals surface area contributed by atoms with Crippen LogP contribution in [0, 0.1) is 5.92 Å². The Morgan fingerprint density at radius 1 is 0.808 bits per heavy atom. The van der Waals surface area contributed by atoms with Gasteiger partial charge in [-0.1, -0.05) is 48.5 Å². The van der Waals surface area contributed by atoms with Crippen molar-refractivity contribution in [3.63, 3.8) is 0 Å². The van der Waals surface area contributed by atoms with Gasteiger partial charge in [0.1, 0.15) is 16.6 Å². The zero-order valence-electron chi connectivity index (χ0n) is 15.3. The minimum Gasteiger partial charge on any atom is -0.385 e. The van der Waals surface area contributed by atoms with E-state index in [2.05, 4.69) is 20.6 Å². The molecule has 0 aliphatic carbocycles. The van der Waals surface area contributed by atoms with Gasteiger partial charge in [-0.25, -0.2) is 9.36 Å². The second-order valence-electron chi connectivity index (χ2n) is 7.30. The van der Waals surface area contributed by atoms with Gasteiger partial charge in [0.2, 0.25) is 0 Å². The summed E-state index contributed by atoms with van der Waals surface area (Å²) in [5, 5.41) is 29.0.